The van der Waals surface area contributed by atoms with E-state index in [4.69, 9.17) is 9.47 Å². The van der Waals surface area contributed by atoms with Gasteiger partial charge < -0.3 is 9.47 Å². The molecule has 0 aromatic rings. The SMILES string of the molecule is CCCCCCCC/C(C(=O)OC)=C(\CCCC)C(=O)OC. The molecule has 0 fully saturated rings. The minimum atomic E-state index is -0.403. The molecule has 0 unspecified atom stereocenters. The average Bonchev–Trinajstić information content (AvgIpc) is 2.54. The number of methoxy groups -OCH3 is 2. The van der Waals surface area contributed by atoms with E-state index >= 15 is 0 Å². The Balaban J connectivity index is 4.83. The summed E-state index contributed by atoms with van der Waals surface area (Å²) in [5, 5.41) is 0. The summed E-state index contributed by atoms with van der Waals surface area (Å²) in [7, 11) is 2.71. The monoisotopic (exact) mass is 312 g/mol. The first-order valence-electron chi connectivity index (χ1n) is 8.50. The van der Waals surface area contributed by atoms with Crippen LogP contribution in [0.1, 0.15) is 78.1 Å². The Bertz CT molecular complexity index is 358. The van der Waals surface area contributed by atoms with Gasteiger partial charge in [0.2, 0.25) is 0 Å². The lowest BCUT2D eigenvalue weighted by molar-refractivity contribution is -0.139. The fourth-order valence-electron chi connectivity index (χ4n) is 2.43. The third kappa shape index (κ3) is 8.20. The van der Waals surface area contributed by atoms with Gasteiger partial charge in [0.25, 0.3) is 0 Å². The summed E-state index contributed by atoms with van der Waals surface area (Å²) in [6.07, 6.45) is 9.84. The van der Waals surface area contributed by atoms with Gasteiger partial charge in [-0.3, -0.25) is 0 Å². The van der Waals surface area contributed by atoms with Crippen LogP contribution in [0.25, 0.3) is 0 Å². The second-order valence-corrected chi connectivity index (χ2v) is 5.56. The highest BCUT2D eigenvalue weighted by Crippen LogP contribution is 2.21. The highest BCUT2D eigenvalue weighted by atomic mass is 16.5. The van der Waals surface area contributed by atoms with Gasteiger partial charge >= 0.3 is 11.9 Å². The van der Waals surface area contributed by atoms with Crippen molar-refractivity contribution < 1.29 is 19.1 Å². The van der Waals surface area contributed by atoms with Gasteiger partial charge in [-0.05, 0) is 25.7 Å². The molecular formula is C18H32O4. The van der Waals surface area contributed by atoms with Gasteiger partial charge in [-0.25, -0.2) is 9.59 Å². The van der Waals surface area contributed by atoms with Gasteiger partial charge in [0.05, 0.1) is 14.2 Å². The van der Waals surface area contributed by atoms with Crippen LogP contribution in [0, 0.1) is 0 Å². The number of carbonyl (C=O) groups is 2. The van der Waals surface area contributed by atoms with Crippen molar-refractivity contribution in [1.82, 2.24) is 0 Å². The van der Waals surface area contributed by atoms with Gasteiger partial charge in [-0.15, -0.1) is 0 Å². The number of unbranched alkanes of at least 4 members (excludes halogenated alkanes) is 6. The molecule has 0 aliphatic rings. The van der Waals surface area contributed by atoms with Crippen LogP contribution < -0.4 is 0 Å². The summed E-state index contributed by atoms with van der Waals surface area (Å²) in [6.45, 7) is 4.24. The van der Waals surface area contributed by atoms with E-state index in [9.17, 15) is 9.59 Å². The molecule has 0 N–H and O–H groups in total. The van der Waals surface area contributed by atoms with Crippen LogP contribution in [0.2, 0.25) is 0 Å². The standard InChI is InChI=1S/C18H32O4/c1-5-7-9-10-11-12-14-16(18(20)22-4)15(13-8-6-2)17(19)21-3/h5-14H2,1-4H3/b16-15-. The molecule has 0 rings (SSSR count). The summed E-state index contributed by atoms with van der Waals surface area (Å²) in [6, 6.07) is 0. The van der Waals surface area contributed by atoms with Crippen molar-refractivity contribution in [1.29, 1.82) is 0 Å². The molecule has 22 heavy (non-hydrogen) atoms. The zero-order valence-corrected chi connectivity index (χ0v) is 14.7. The third-order valence-corrected chi connectivity index (χ3v) is 3.79. The smallest absolute Gasteiger partial charge is 0.334 e. The van der Waals surface area contributed by atoms with E-state index in [2.05, 4.69) is 13.8 Å². The molecule has 0 heterocycles. The normalized spacial score (nSPS) is 11.8. The van der Waals surface area contributed by atoms with Crippen LogP contribution in [0.4, 0.5) is 0 Å². The fraction of sp³-hybridized carbons (Fsp3) is 0.778. The van der Waals surface area contributed by atoms with E-state index in [1.807, 2.05) is 0 Å². The van der Waals surface area contributed by atoms with Crippen LogP contribution in [0.15, 0.2) is 11.1 Å². The predicted molar refractivity (Wildman–Crippen MR) is 88.6 cm³/mol. The first-order valence-corrected chi connectivity index (χ1v) is 8.50. The predicted octanol–water partition coefficient (Wildman–Crippen LogP) is 4.57. The zero-order valence-electron chi connectivity index (χ0n) is 14.7. The Morgan fingerprint density at radius 2 is 1.05 bits per heavy atom. The van der Waals surface area contributed by atoms with Crippen LogP contribution in [0.3, 0.4) is 0 Å². The maximum Gasteiger partial charge on any atom is 0.334 e. The molecule has 0 aromatic heterocycles. The Hall–Kier alpha value is -1.32. The number of ether oxygens (including phenoxy) is 2. The molecule has 0 spiro atoms. The Kier molecular flexibility index (Phi) is 12.5. The summed E-state index contributed by atoms with van der Waals surface area (Å²) in [5.41, 5.74) is 0.989. The van der Waals surface area contributed by atoms with Gasteiger partial charge in [0.15, 0.2) is 0 Å². The summed E-state index contributed by atoms with van der Waals surface area (Å²) >= 11 is 0. The van der Waals surface area contributed by atoms with Crippen molar-refractivity contribution in [2.75, 3.05) is 14.2 Å². The van der Waals surface area contributed by atoms with Crippen LogP contribution >= 0.6 is 0 Å². The first-order chi connectivity index (χ1) is 10.6. The summed E-state index contributed by atoms with van der Waals surface area (Å²) in [4.78, 5) is 24.0. The molecular weight excluding hydrogens is 280 g/mol. The largest absolute Gasteiger partial charge is 0.466 e. The van der Waals surface area contributed by atoms with Crippen molar-refractivity contribution in [3.8, 4) is 0 Å². The van der Waals surface area contributed by atoms with E-state index in [0.29, 0.717) is 24.0 Å². The minimum absolute atomic E-state index is 0.398. The third-order valence-electron chi connectivity index (χ3n) is 3.79. The molecule has 0 bridgehead atoms. The van der Waals surface area contributed by atoms with Gasteiger partial charge in [-0.2, -0.15) is 0 Å². The molecule has 4 heteroatoms. The lowest BCUT2D eigenvalue weighted by atomic mass is 9.97. The molecule has 0 aliphatic heterocycles. The van der Waals surface area contributed by atoms with Crippen molar-refractivity contribution in [2.45, 2.75) is 78.1 Å². The molecule has 0 atom stereocenters. The number of rotatable bonds is 12. The van der Waals surface area contributed by atoms with Crippen molar-refractivity contribution in [2.24, 2.45) is 0 Å². The van der Waals surface area contributed by atoms with Crippen molar-refractivity contribution in [3.05, 3.63) is 11.1 Å². The van der Waals surface area contributed by atoms with Gasteiger partial charge in [0, 0.05) is 11.1 Å². The van der Waals surface area contributed by atoms with Crippen LogP contribution in [-0.2, 0) is 19.1 Å². The van der Waals surface area contributed by atoms with Gasteiger partial charge in [-0.1, -0.05) is 52.4 Å². The number of carbonyl (C=O) groups excluding carboxylic acids is 2. The van der Waals surface area contributed by atoms with Crippen molar-refractivity contribution in [3.63, 3.8) is 0 Å². The number of esters is 2. The Labute approximate surface area is 135 Å². The second-order valence-electron chi connectivity index (χ2n) is 5.56. The highest BCUT2D eigenvalue weighted by Gasteiger charge is 2.21. The van der Waals surface area contributed by atoms with Crippen LogP contribution in [-0.4, -0.2) is 26.2 Å². The topological polar surface area (TPSA) is 52.6 Å². The maximum atomic E-state index is 12.0. The molecule has 0 aliphatic carbocycles. The highest BCUT2D eigenvalue weighted by molar-refractivity contribution is 6.00. The maximum absolute atomic E-state index is 12.0. The number of hydrogen-bond donors (Lipinski definition) is 0. The minimum Gasteiger partial charge on any atom is -0.466 e. The van der Waals surface area contributed by atoms with E-state index in [1.165, 1.54) is 39.9 Å². The van der Waals surface area contributed by atoms with Crippen LogP contribution in [0.5, 0.6) is 0 Å². The van der Waals surface area contributed by atoms with E-state index in [0.717, 1.165) is 25.7 Å². The fourth-order valence-corrected chi connectivity index (χ4v) is 2.43. The van der Waals surface area contributed by atoms with Crippen molar-refractivity contribution >= 4 is 11.9 Å². The lowest BCUT2D eigenvalue weighted by Crippen LogP contribution is -2.15. The average molecular weight is 312 g/mol. The van der Waals surface area contributed by atoms with E-state index in [-0.39, 0.29) is 0 Å². The Morgan fingerprint density at radius 3 is 1.50 bits per heavy atom. The molecule has 0 radical (unpaired) electrons. The summed E-state index contributed by atoms with van der Waals surface area (Å²) in [5.74, 6) is -0.801. The lowest BCUT2D eigenvalue weighted by Gasteiger charge is -2.12. The molecule has 0 saturated carbocycles. The number of hydrogen-bond acceptors (Lipinski definition) is 4. The molecule has 128 valence electrons. The quantitative estimate of drug-likeness (QED) is 0.301. The zero-order chi connectivity index (χ0) is 16.8. The Morgan fingerprint density at radius 1 is 0.636 bits per heavy atom. The summed E-state index contributed by atoms with van der Waals surface area (Å²) < 4.78 is 9.70. The van der Waals surface area contributed by atoms with E-state index in [1.54, 1.807) is 0 Å². The van der Waals surface area contributed by atoms with Gasteiger partial charge in [0.1, 0.15) is 0 Å². The second kappa shape index (κ2) is 13.4. The molecule has 0 amide bonds. The van der Waals surface area contributed by atoms with E-state index < -0.39 is 11.9 Å². The molecule has 0 saturated heterocycles. The molecule has 4 nitrogen and oxygen atoms in total. The first kappa shape index (κ1) is 20.7. The molecule has 0 aromatic carbocycles.